The second-order valence-corrected chi connectivity index (χ2v) is 5.74. The highest BCUT2D eigenvalue weighted by molar-refractivity contribution is 9.10. The molecule has 0 saturated heterocycles. The molecular weight excluding hydrogens is 271 g/mol. The zero-order chi connectivity index (χ0) is 10.8. The maximum atomic E-state index is 6.20. The SMILES string of the molecule is CC1CC(c2ccc(Br)cc2)=CC(Cl)C1. The summed E-state index contributed by atoms with van der Waals surface area (Å²) in [5.74, 6) is 0.691. The first-order valence-electron chi connectivity index (χ1n) is 5.26. The highest BCUT2D eigenvalue weighted by atomic mass is 79.9. The van der Waals surface area contributed by atoms with Crippen molar-refractivity contribution in [3.63, 3.8) is 0 Å². The summed E-state index contributed by atoms with van der Waals surface area (Å²) >= 11 is 9.65. The molecule has 2 heteroatoms. The van der Waals surface area contributed by atoms with Crippen LogP contribution in [0.15, 0.2) is 34.8 Å². The number of halogens is 2. The first-order chi connectivity index (χ1) is 7.15. The Bertz CT molecular complexity index is 367. The lowest BCUT2D eigenvalue weighted by atomic mass is 9.86. The van der Waals surface area contributed by atoms with Crippen LogP contribution in [0.5, 0.6) is 0 Å². The van der Waals surface area contributed by atoms with Gasteiger partial charge in [0.15, 0.2) is 0 Å². The van der Waals surface area contributed by atoms with Gasteiger partial charge in [-0.15, -0.1) is 11.6 Å². The second kappa shape index (κ2) is 4.71. The monoisotopic (exact) mass is 284 g/mol. The fourth-order valence-corrected chi connectivity index (χ4v) is 2.80. The molecule has 2 unspecified atom stereocenters. The van der Waals surface area contributed by atoms with Crippen LogP contribution in [0.3, 0.4) is 0 Å². The van der Waals surface area contributed by atoms with E-state index in [-0.39, 0.29) is 5.38 Å². The van der Waals surface area contributed by atoms with E-state index in [4.69, 9.17) is 11.6 Å². The summed E-state index contributed by atoms with van der Waals surface area (Å²) < 4.78 is 1.12. The van der Waals surface area contributed by atoms with Gasteiger partial charge in [-0.2, -0.15) is 0 Å². The van der Waals surface area contributed by atoms with Gasteiger partial charge >= 0.3 is 0 Å². The van der Waals surface area contributed by atoms with Gasteiger partial charge in [0, 0.05) is 4.47 Å². The minimum Gasteiger partial charge on any atom is -0.118 e. The number of hydrogen-bond acceptors (Lipinski definition) is 0. The van der Waals surface area contributed by atoms with E-state index in [1.165, 1.54) is 11.1 Å². The highest BCUT2D eigenvalue weighted by Gasteiger charge is 2.18. The van der Waals surface area contributed by atoms with E-state index in [1.54, 1.807) is 0 Å². The van der Waals surface area contributed by atoms with Crippen LogP contribution in [0.4, 0.5) is 0 Å². The molecule has 0 bridgehead atoms. The van der Waals surface area contributed by atoms with Crippen molar-refractivity contribution in [2.45, 2.75) is 25.1 Å². The predicted octanol–water partition coefficient (Wildman–Crippen LogP) is 4.87. The van der Waals surface area contributed by atoms with E-state index in [2.05, 4.69) is 53.2 Å². The Labute approximate surface area is 104 Å². The number of rotatable bonds is 1. The summed E-state index contributed by atoms with van der Waals surface area (Å²) in [6.07, 6.45) is 4.44. The van der Waals surface area contributed by atoms with E-state index in [0.29, 0.717) is 5.92 Å². The number of alkyl halides is 1. The van der Waals surface area contributed by atoms with Crippen LogP contribution in [-0.4, -0.2) is 5.38 Å². The van der Waals surface area contributed by atoms with Gasteiger partial charge in [0.1, 0.15) is 0 Å². The lowest BCUT2D eigenvalue weighted by Gasteiger charge is -2.22. The normalized spacial score (nSPS) is 26.2. The molecule has 0 heterocycles. The van der Waals surface area contributed by atoms with Crippen LogP contribution in [-0.2, 0) is 0 Å². The van der Waals surface area contributed by atoms with Gasteiger partial charge < -0.3 is 0 Å². The Morgan fingerprint density at radius 1 is 1.27 bits per heavy atom. The average Bonchev–Trinajstić information content (AvgIpc) is 2.17. The molecule has 1 aromatic carbocycles. The van der Waals surface area contributed by atoms with Gasteiger partial charge in [0.25, 0.3) is 0 Å². The molecule has 0 fully saturated rings. The van der Waals surface area contributed by atoms with Crippen LogP contribution in [0, 0.1) is 5.92 Å². The molecule has 1 aromatic rings. The van der Waals surface area contributed by atoms with Crippen molar-refractivity contribution in [2.75, 3.05) is 0 Å². The van der Waals surface area contributed by atoms with Crippen molar-refractivity contribution in [3.05, 3.63) is 40.4 Å². The summed E-state index contributed by atoms with van der Waals surface area (Å²) in [6.45, 7) is 2.27. The summed E-state index contributed by atoms with van der Waals surface area (Å²) in [7, 11) is 0. The Morgan fingerprint density at radius 2 is 1.93 bits per heavy atom. The van der Waals surface area contributed by atoms with Crippen LogP contribution in [0.25, 0.3) is 5.57 Å². The molecule has 0 aromatic heterocycles. The van der Waals surface area contributed by atoms with Crippen molar-refractivity contribution in [1.29, 1.82) is 0 Å². The van der Waals surface area contributed by atoms with Crippen molar-refractivity contribution in [2.24, 2.45) is 5.92 Å². The van der Waals surface area contributed by atoms with Gasteiger partial charge in [-0.1, -0.05) is 41.1 Å². The minimum absolute atomic E-state index is 0.201. The molecule has 0 N–H and O–H groups in total. The van der Waals surface area contributed by atoms with E-state index >= 15 is 0 Å². The van der Waals surface area contributed by atoms with Crippen LogP contribution >= 0.6 is 27.5 Å². The summed E-state index contributed by atoms with van der Waals surface area (Å²) in [5, 5.41) is 0.201. The van der Waals surface area contributed by atoms with Gasteiger partial charge in [-0.05, 0) is 42.0 Å². The third kappa shape index (κ3) is 2.85. The lowest BCUT2D eigenvalue weighted by molar-refractivity contribution is 0.540. The molecule has 2 atom stereocenters. The number of allylic oxidation sites excluding steroid dienone is 2. The Hall–Kier alpha value is -0.270. The number of benzene rings is 1. The molecule has 0 amide bonds. The smallest absolute Gasteiger partial charge is 0.0524 e. The molecule has 0 nitrogen and oxygen atoms in total. The zero-order valence-corrected chi connectivity index (χ0v) is 11.1. The third-order valence-corrected chi connectivity index (χ3v) is 3.63. The molecule has 0 aliphatic heterocycles. The molecule has 15 heavy (non-hydrogen) atoms. The summed E-state index contributed by atoms with van der Waals surface area (Å²) in [6, 6.07) is 8.46. The van der Waals surface area contributed by atoms with E-state index in [1.807, 2.05) is 0 Å². The summed E-state index contributed by atoms with van der Waals surface area (Å²) in [5.41, 5.74) is 2.69. The Kier molecular flexibility index (Phi) is 3.53. The first kappa shape index (κ1) is 11.2. The second-order valence-electron chi connectivity index (χ2n) is 4.26. The van der Waals surface area contributed by atoms with E-state index in [9.17, 15) is 0 Å². The maximum absolute atomic E-state index is 6.20. The summed E-state index contributed by atoms with van der Waals surface area (Å²) in [4.78, 5) is 0. The largest absolute Gasteiger partial charge is 0.118 e. The van der Waals surface area contributed by atoms with Crippen LogP contribution < -0.4 is 0 Å². The molecule has 0 spiro atoms. The molecule has 1 aliphatic rings. The molecule has 0 saturated carbocycles. The standard InChI is InChI=1S/C13H14BrCl/c1-9-6-11(8-13(15)7-9)10-2-4-12(14)5-3-10/h2-5,8-9,13H,6-7H2,1H3. The zero-order valence-electron chi connectivity index (χ0n) is 8.71. The van der Waals surface area contributed by atoms with Crippen LogP contribution in [0.2, 0.25) is 0 Å². The molecule has 80 valence electrons. The van der Waals surface area contributed by atoms with Gasteiger partial charge in [-0.25, -0.2) is 0 Å². The first-order valence-corrected chi connectivity index (χ1v) is 6.49. The topological polar surface area (TPSA) is 0 Å². The van der Waals surface area contributed by atoms with Gasteiger partial charge in [-0.3, -0.25) is 0 Å². The fraction of sp³-hybridized carbons (Fsp3) is 0.385. The Balaban J connectivity index is 2.26. The Morgan fingerprint density at radius 3 is 2.53 bits per heavy atom. The highest BCUT2D eigenvalue weighted by Crippen LogP contribution is 2.33. The van der Waals surface area contributed by atoms with Crippen molar-refractivity contribution < 1.29 is 0 Å². The molecule has 2 rings (SSSR count). The van der Waals surface area contributed by atoms with Crippen molar-refractivity contribution in [1.82, 2.24) is 0 Å². The van der Waals surface area contributed by atoms with Crippen molar-refractivity contribution in [3.8, 4) is 0 Å². The number of hydrogen-bond donors (Lipinski definition) is 0. The van der Waals surface area contributed by atoms with Crippen molar-refractivity contribution >= 4 is 33.1 Å². The average molecular weight is 286 g/mol. The van der Waals surface area contributed by atoms with Crippen LogP contribution in [0.1, 0.15) is 25.3 Å². The maximum Gasteiger partial charge on any atom is 0.0524 e. The van der Waals surface area contributed by atoms with E-state index in [0.717, 1.165) is 17.3 Å². The third-order valence-electron chi connectivity index (χ3n) is 2.79. The minimum atomic E-state index is 0.201. The van der Waals surface area contributed by atoms with Gasteiger partial charge in [0.05, 0.1) is 5.38 Å². The quantitative estimate of drug-likeness (QED) is 0.646. The molecular formula is C13H14BrCl. The van der Waals surface area contributed by atoms with E-state index < -0.39 is 0 Å². The van der Waals surface area contributed by atoms with Gasteiger partial charge in [0.2, 0.25) is 0 Å². The molecule has 1 aliphatic carbocycles. The lowest BCUT2D eigenvalue weighted by Crippen LogP contribution is -2.11. The molecule has 0 radical (unpaired) electrons. The fourth-order valence-electron chi connectivity index (χ4n) is 2.08. The predicted molar refractivity (Wildman–Crippen MR) is 70.2 cm³/mol.